The zero-order valence-corrected chi connectivity index (χ0v) is 8.47. The van der Waals surface area contributed by atoms with Gasteiger partial charge >= 0.3 is 0 Å². The van der Waals surface area contributed by atoms with E-state index in [4.69, 9.17) is 0 Å². The van der Waals surface area contributed by atoms with E-state index >= 15 is 0 Å². The molecule has 0 bridgehead atoms. The number of para-hydroxylation sites is 1. The molecule has 0 unspecified atom stereocenters. The molecule has 0 saturated heterocycles. The molecule has 13 heavy (non-hydrogen) atoms. The lowest BCUT2D eigenvalue weighted by atomic mass is 10.0. The summed E-state index contributed by atoms with van der Waals surface area (Å²) in [6.45, 7) is 0. The molecule has 2 aliphatic rings. The van der Waals surface area contributed by atoms with Crippen LogP contribution < -0.4 is 5.32 Å². The van der Waals surface area contributed by atoms with Gasteiger partial charge in [-0.05, 0) is 39.9 Å². The Hall–Kier alpha value is -0.830. The van der Waals surface area contributed by atoms with Crippen molar-refractivity contribution in [2.75, 3.05) is 5.32 Å². The maximum Gasteiger partial charge on any atom is 0.228 e. The van der Waals surface area contributed by atoms with Crippen molar-refractivity contribution in [2.24, 2.45) is 5.92 Å². The maximum atomic E-state index is 11.4. The van der Waals surface area contributed by atoms with Crippen molar-refractivity contribution in [2.45, 2.75) is 12.3 Å². The number of fused-ring (bicyclic) bond motifs is 3. The van der Waals surface area contributed by atoms with Gasteiger partial charge in [-0.2, -0.15) is 0 Å². The smallest absolute Gasteiger partial charge is 0.228 e. The molecule has 1 aromatic carbocycles. The molecule has 1 N–H and O–H groups in total. The Balaban J connectivity index is 2.19. The fourth-order valence-electron chi connectivity index (χ4n) is 2.03. The van der Waals surface area contributed by atoms with Crippen molar-refractivity contribution in [3.63, 3.8) is 0 Å². The van der Waals surface area contributed by atoms with Gasteiger partial charge in [0.25, 0.3) is 0 Å². The van der Waals surface area contributed by atoms with Crippen molar-refractivity contribution in [3.8, 4) is 0 Å². The number of hydrogen-bond donors (Lipinski definition) is 1. The van der Waals surface area contributed by atoms with E-state index in [1.54, 1.807) is 0 Å². The molecule has 3 heteroatoms. The number of anilines is 1. The predicted molar refractivity (Wildman–Crippen MR) is 53.6 cm³/mol. The maximum absolute atomic E-state index is 11.4. The minimum atomic E-state index is 0.185. The monoisotopic (exact) mass is 237 g/mol. The highest BCUT2D eigenvalue weighted by molar-refractivity contribution is 9.10. The Morgan fingerprint density at radius 2 is 2.23 bits per heavy atom. The molecule has 1 amide bonds. The van der Waals surface area contributed by atoms with Gasteiger partial charge in [-0.1, -0.05) is 12.1 Å². The second-order valence-electron chi connectivity index (χ2n) is 3.64. The summed E-state index contributed by atoms with van der Waals surface area (Å²) in [6, 6.07) is 6.09. The molecule has 1 heterocycles. The minimum Gasteiger partial charge on any atom is -0.325 e. The van der Waals surface area contributed by atoms with Crippen LogP contribution in [-0.4, -0.2) is 5.91 Å². The van der Waals surface area contributed by atoms with E-state index in [1.165, 1.54) is 5.56 Å². The first-order chi connectivity index (χ1) is 6.27. The fraction of sp³-hybridized carbons (Fsp3) is 0.300. The molecule has 3 rings (SSSR count). The van der Waals surface area contributed by atoms with Gasteiger partial charge in [-0.25, -0.2) is 0 Å². The first-order valence-corrected chi connectivity index (χ1v) is 5.16. The van der Waals surface area contributed by atoms with Gasteiger partial charge in [-0.15, -0.1) is 0 Å². The van der Waals surface area contributed by atoms with Crippen molar-refractivity contribution < 1.29 is 4.79 Å². The molecule has 66 valence electrons. The number of carbonyl (C=O) groups excluding carboxylic acids is 1. The van der Waals surface area contributed by atoms with Crippen LogP contribution in [0.4, 0.5) is 5.69 Å². The molecular formula is C10H8BrNO. The minimum absolute atomic E-state index is 0.185. The van der Waals surface area contributed by atoms with Gasteiger partial charge in [-0.3, -0.25) is 4.79 Å². The lowest BCUT2D eigenvalue weighted by Gasteiger charge is -2.17. The molecule has 1 saturated carbocycles. The third-order valence-electron chi connectivity index (χ3n) is 2.82. The second-order valence-corrected chi connectivity index (χ2v) is 4.50. The Bertz CT molecular complexity index is 402. The molecule has 1 aliphatic carbocycles. The van der Waals surface area contributed by atoms with Crippen LogP contribution in [0.15, 0.2) is 22.7 Å². The van der Waals surface area contributed by atoms with Crippen LogP contribution in [-0.2, 0) is 4.79 Å². The summed E-state index contributed by atoms with van der Waals surface area (Å²) in [5.74, 6) is 0.924. The van der Waals surface area contributed by atoms with Gasteiger partial charge in [0.1, 0.15) is 0 Å². The normalized spacial score (nSPS) is 28.8. The highest BCUT2D eigenvalue weighted by Gasteiger charge is 2.48. The second kappa shape index (κ2) is 2.35. The summed E-state index contributed by atoms with van der Waals surface area (Å²) in [6.07, 6.45) is 1.02. The van der Waals surface area contributed by atoms with Crippen molar-refractivity contribution >= 4 is 27.5 Å². The van der Waals surface area contributed by atoms with Crippen LogP contribution >= 0.6 is 15.9 Å². The number of carbonyl (C=O) groups is 1. The van der Waals surface area contributed by atoms with E-state index in [0.29, 0.717) is 5.92 Å². The third-order valence-corrected chi connectivity index (χ3v) is 3.48. The predicted octanol–water partition coefficient (Wildman–Crippen LogP) is 2.50. The first kappa shape index (κ1) is 7.56. The quantitative estimate of drug-likeness (QED) is 0.739. The van der Waals surface area contributed by atoms with E-state index in [9.17, 15) is 4.79 Å². The summed E-state index contributed by atoms with van der Waals surface area (Å²) in [4.78, 5) is 11.4. The summed E-state index contributed by atoms with van der Waals surface area (Å²) in [7, 11) is 0. The highest BCUT2D eigenvalue weighted by Crippen LogP contribution is 2.54. The van der Waals surface area contributed by atoms with Gasteiger partial charge in [0.2, 0.25) is 5.91 Å². The summed E-state index contributed by atoms with van der Waals surface area (Å²) in [5.41, 5.74) is 2.27. The van der Waals surface area contributed by atoms with Crippen molar-refractivity contribution in [1.82, 2.24) is 0 Å². The first-order valence-electron chi connectivity index (χ1n) is 4.36. The van der Waals surface area contributed by atoms with Gasteiger partial charge < -0.3 is 5.32 Å². The van der Waals surface area contributed by atoms with Crippen LogP contribution in [0.3, 0.4) is 0 Å². The molecule has 0 aromatic heterocycles. The summed E-state index contributed by atoms with van der Waals surface area (Å²) >= 11 is 3.44. The van der Waals surface area contributed by atoms with E-state index in [2.05, 4.69) is 27.3 Å². The van der Waals surface area contributed by atoms with Crippen LogP contribution in [0.5, 0.6) is 0 Å². The molecule has 1 fully saturated rings. The highest BCUT2D eigenvalue weighted by atomic mass is 79.9. The Morgan fingerprint density at radius 3 is 3.08 bits per heavy atom. The number of halogens is 1. The molecule has 0 radical (unpaired) electrons. The molecule has 2 nitrogen and oxygen atoms in total. The van der Waals surface area contributed by atoms with Crippen molar-refractivity contribution in [1.29, 1.82) is 0 Å². The van der Waals surface area contributed by atoms with Crippen LogP contribution in [0.1, 0.15) is 17.9 Å². The number of amides is 1. The van der Waals surface area contributed by atoms with Crippen molar-refractivity contribution in [3.05, 3.63) is 28.2 Å². The van der Waals surface area contributed by atoms with Crippen LogP contribution in [0.2, 0.25) is 0 Å². The largest absolute Gasteiger partial charge is 0.325 e. The van der Waals surface area contributed by atoms with Crippen LogP contribution in [0.25, 0.3) is 0 Å². The standard InChI is InChI=1S/C10H8BrNO/c11-8-3-1-2-5-6-4-7(6)10(13)12-9(5)8/h1-3,6-7H,4H2,(H,12,13)/t6-,7+/m1/s1. The Morgan fingerprint density at radius 1 is 1.38 bits per heavy atom. The zero-order valence-electron chi connectivity index (χ0n) is 6.88. The summed E-state index contributed by atoms with van der Waals surface area (Å²) in [5, 5.41) is 2.93. The van der Waals surface area contributed by atoms with E-state index in [0.717, 1.165) is 16.6 Å². The summed E-state index contributed by atoms with van der Waals surface area (Å²) < 4.78 is 0.990. The average molecular weight is 238 g/mol. The molecule has 2 atom stereocenters. The van der Waals surface area contributed by atoms with E-state index in [1.807, 2.05) is 12.1 Å². The fourth-order valence-corrected chi connectivity index (χ4v) is 2.51. The molecule has 1 aliphatic heterocycles. The Labute approximate surface area is 84.5 Å². The topological polar surface area (TPSA) is 29.1 Å². The van der Waals surface area contributed by atoms with Gasteiger partial charge in [0, 0.05) is 10.4 Å². The number of rotatable bonds is 0. The Kier molecular flexibility index (Phi) is 1.37. The van der Waals surface area contributed by atoms with E-state index in [-0.39, 0.29) is 11.8 Å². The molecule has 0 spiro atoms. The van der Waals surface area contributed by atoms with E-state index < -0.39 is 0 Å². The van der Waals surface area contributed by atoms with Crippen LogP contribution in [0, 0.1) is 5.92 Å². The number of hydrogen-bond acceptors (Lipinski definition) is 1. The van der Waals surface area contributed by atoms with Gasteiger partial charge in [0.15, 0.2) is 0 Å². The third kappa shape index (κ3) is 0.967. The zero-order chi connectivity index (χ0) is 9.00. The lowest BCUT2D eigenvalue weighted by Crippen LogP contribution is -2.19. The average Bonchev–Trinajstić information content (AvgIpc) is 2.87. The lowest BCUT2D eigenvalue weighted by molar-refractivity contribution is -0.117. The molecule has 1 aromatic rings. The SMILES string of the molecule is O=C1Nc2c(Br)cccc2[C@H]2C[C@H]12. The van der Waals surface area contributed by atoms with Gasteiger partial charge in [0.05, 0.1) is 5.69 Å². The number of nitrogens with one attached hydrogen (secondary N) is 1. The molecular weight excluding hydrogens is 230 g/mol. The number of benzene rings is 1.